The summed E-state index contributed by atoms with van der Waals surface area (Å²) in [6, 6.07) is 12.5. The normalized spacial score (nSPS) is 16.1. The lowest BCUT2D eigenvalue weighted by molar-refractivity contribution is -0.120. The van der Waals surface area contributed by atoms with Crippen molar-refractivity contribution in [2.24, 2.45) is 0 Å². The number of fused-ring (bicyclic) bond motifs is 2. The van der Waals surface area contributed by atoms with Crippen molar-refractivity contribution < 1.29 is 4.79 Å². The van der Waals surface area contributed by atoms with Crippen LogP contribution in [0.4, 0.5) is 0 Å². The van der Waals surface area contributed by atoms with Crippen molar-refractivity contribution in [1.82, 2.24) is 20.6 Å². The van der Waals surface area contributed by atoms with Crippen molar-refractivity contribution in [1.29, 1.82) is 0 Å². The summed E-state index contributed by atoms with van der Waals surface area (Å²) < 4.78 is 0. The van der Waals surface area contributed by atoms with Crippen LogP contribution in [-0.4, -0.2) is 29.0 Å². The van der Waals surface area contributed by atoms with E-state index >= 15 is 0 Å². The monoisotopic (exact) mass is 356 g/mol. The molecule has 3 N–H and O–H groups in total. The van der Waals surface area contributed by atoms with Crippen LogP contribution in [0.15, 0.2) is 48.8 Å². The summed E-state index contributed by atoms with van der Waals surface area (Å²) in [4.78, 5) is 19.7. The minimum absolute atomic E-state index is 0. The molecule has 1 aromatic carbocycles. The number of nitrogens with zero attached hydrogens (tertiary/aromatic N) is 1. The van der Waals surface area contributed by atoms with Gasteiger partial charge < -0.3 is 15.6 Å². The van der Waals surface area contributed by atoms with Crippen LogP contribution in [0.5, 0.6) is 0 Å². The Bertz CT molecular complexity index is 876. The number of hydrogen-bond acceptors (Lipinski definition) is 3. The van der Waals surface area contributed by atoms with Gasteiger partial charge in [-0.15, -0.1) is 12.4 Å². The molecule has 1 atom stereocenters. The van der Waals surface area contributed by atoms with Crippen molar-refractivity contribution in [2.75, 3.05) is 13.1 Å². The fourth-order valence-corrected chi connectivity index (χ4v) is 3.39. The molecule has 0 saturated carbocycles. The van der Waals surface area contributed by atoms with E-state index in [1.165, 1.54) is 11.1 Å². The smallest absolute Gasteiger partial charge is 0.224 e. The van der Waals surface area contributed by atoms with E-state index < -0.39 is 0 Å². The van der Waals surface area contributed by atoms with Crippen molar-refractivity contribution >= 4 is 29.3 Å². The highest BCUT2D eigenvalue weighted by molar-refractivity contribution is 5.87. The van der Waals surface area contributed by atoms with E-state index in [1.54, 1.807) is 6.20 Å². The van der Waals surface area contributed by atoms with Gasteiger partial charge in [-0.05, 0) is 41.8 Å². The lowest BCUT2D eigenvalue weighted by Crippen LogP contribution is -2.39. The number of nitrogens with one attached hydrogen (secondary N) is 3. The second-order valence-electron chi connectivity index (χ2n) is 6.15. The predicted molar refractivity (Wildman–Crippen MR) is 101 cm³/mol. The molecule has 3 aromatic rings. The highest BCUT2D eigenvalue weighted by Crippen LogP contribution is 2.22. The Morgan fingerprint density at radius 1 is 1.24 bits per heavy atom. The first-order valence-electron chi connectivity index (χ1n) is 8.30. The number of carbonyl (C=O) groups excluding carboxylic acids is 1. The molecule has 1 amide bonds. The fraction of sp³-hybridized carbons (Fsp3) is 0.263. The molecule has 25 heavy (non-hydrogen) atoms. The molecule has 1 unspecified atom stereocenters. The van der Waals surface area contributed by atoms with E-state index in [0.29, 0.717) is 13.0 Å². The quantitative estimate of drug-likeness (QED) is 0.672. The first-order valence-corrected chi connectivity index (χ1v) is 8.30. The average molecular weight is 357 g/mol. The van der Waals surface area contributed by atoms with Crippen molar-refractivity contribution in [2.45, 2.75) is 18.9 Å². The maximum atomic E-state index is 12.3. The minimum Gasteiger partial charge on any atom is -0.354 e. The van der Waals surface area contributed by atoms with Gasteiger partial charge in [-0.1, -0.05) is 24.3 Å². The first kappa shape index (κ1) is 17.5. The molecule has 5 nitrogen and oxygen atoms in total. The van der Waals surface area contributed by atoms with Crippen molar-refractivity contribution in [3.63, 3.8) is 0 Å². The van der Waals surface area contributed by atoms with Gasteiger partial charge in [0.25, 0.3) is 0 Å². The molecule has 0 spiro atoms. The van der Waals surface area contributed by atoms with Gasteiger partial charge in [0.15, 0.2) is 0 Å². The zero-order chi connectivity index (χ0) is 16.4. The third-order valence-electron chi connectivity index (χ3n) is 4.61. The number of rotatable bonds is 4. The van der Waals surface area contributed by atoms with Crippen LogP contribution in [0.25, 0.3) is 11.0 Å². The maximum Gasteiger partial charge on any atom is 0.224 e. The number of aromatic amines is 1. The number of benzene rings is 1. The van der Waals surface area contributed by atoms with Gasteiger partial charge >= 0.3 is 0 Å². The lowest BCUT2D eigenvalue weighted by Gasteiger charge is -2.27. The molecule has 0 aliphatic carbocycles. The second-order valence-corrected chi connectivity index (χ2v) is 6.15. The van der Waals surface area contributed by atoms with E-state index in [9.17, 15) is 4.79 Å². The summed E-state index contributed by atoms with van der Waals surface area (Å²) in [5.74, 6) is 0.0320. The standard InChI is InChI=1S/C19H20N4O.ClH/c24-18(10-14-11-23-19-16(14)6-3-8-21-19)22-12-17-15-5-2-1-4-13(15)7-9-20-17;/h1-6,8,11,17,20H,7,9-10,12H2,(H,21,23)(H,22,24);1H. The van der Waals surface area contributed by atoms with Crippen LogP contribution in [-0.2, 0) is 17.6 Å². The number of carbonyl (C=O) groups is 1. The zero-order valence-corrected chi connectivity index (χ0v) is 14.6. The summed E-state index contributed by atoms with van der Waals surface area (Å²) in [6.07, 6.45) is 5.02. The SMILES string of the molecule is Cl.O=C(Cc1c[nH]c2ncccc12)NCC1NCCc2ccccc21. The first-order chi connectivity index (χ1) is 11.8. The van der Waals surface area contributed by atoms with Crippen molar-refractivity contribution in [3.05, 3.63) is 65.5 Å². The van der Waals surface area contributed by atoms with E-state index in [1.807, 2.05) is 18.3 Å². The van der Waals surface area contributed by atoms with E-state index in [-0.39, 0.29) is 24.4 Å². The van der Waals surface area contributed by atoms with Gasteiger partial charge in [0.05, 0.1) is 6.42 Å². The Labute approximate surface area is 152 Å². The third-order valence-corrected chi connectivity index (χ3v) is 4.61. The zero-order valence-electron chi connectivity index (χ0n) is 13.8. The number of pyridine rings is 1. The number of H-pyrrole nitrogens is 1. The van der Waals surface area contributed by atoms with Crippen LogP contribution in [0.2, 0.25) is 0 Å². The van der Waals surface area contributed by atoms with Gasteiger partial charge in [0, 0.05) is 30.4 Å². The van der Waals surface area contributed by atoms with Crippen LogP contribution in [0, 0.1) is 0 Å². The van der Waals surface area contributed by atoms with Gasteiger partial charge in [-0.3, -0.25) is 4.79 Å². The number of hydrogen-bond donors (Lipinski definition) is 3. The summed E-state index contributed by atoms with van der Waals surface area (Å²) in [5.41, 5.74) is 4.47. The Morgan fingerprint density at radius 3 is 3.04 bits per heavy atom. The van der Waals surface area contributed by atoms with Gasteiger partial charge in [-0.25, -0.2) is 4.98 Å². The predicted octanol–water partition coefficient (Wildman–Crippen LogP) is 2.53. The molecule has 1 aliphatic heterocycles. The van der Waals surface area contributed by atoms with Gasteiger partial charge in [-0.2, -0.15) is 0 Å². The largest absolute Gasteiger partial charge is 0.354 e. The molecular weight excluding hydrogens is 336 g/mol. The van der Waals surface area contributed by atoms with Crippen LogP contribution in [0.3, 0.4) is 0 Å². The molecule has 0 saturated heterocycles. The molecular formula is C19H21ClN4O. The van der Waals surface area contributed by atoms with Crippen LogP contribution in [0.1, 0.15) is 22.7 Å². The highest BCUT2D eigenvalue weighted by Gasteiger charge is 2.19. The lowest BCUT2D eigenvalue weighted by atomic mass is 9.94. The van der Waals surface area contributed by atoms with Gasteiger partial charge in [0.2, 0.25) is 5.91 Å². The van der Waals surface area contributed by atoms with E-state index in [2.05, 4.69) is 44.9 Å². The average Bonchev–Trinajstić information content (AvgIpc) is 3.03. The van der Waals surface area contributed by atoms with Crippen molar-refractivity contribution in [3.8, 4) is 0 Å². The molecule has 4 rings (SSSR count). The van der Waals surface area contributed by atoms with E-state index in [4.69, 9.17) is 0 Å². The molecule has 3 heterocycles. The summed E-state index contributed by atoms with van der Waals surface area (Å²) in [7, 11) is 0. The fourth-order valence-electron chi connectivity index (χ4n) is 3.39. The second kappa shape index (κ2) is 7.68. The molecule has 0 radical (unpaired) electrons. The van der Waals surface area contributed by atoms with Gasteiger partial charge in [0.1, 0.15) is 5.65 Å². The molecule has 130 valence electrons. The van der Waals surface area contributed by atoms with Crippen LogP contribution < -0.4 is 10.6 Å². The summed E-state index contributed by atoms with van der Waals surface area (Å²) in [5, 5.41) is 7.56. The molecule has 6 heteroatoms. The Hall–Kier alpha value is -2.37. The van der Waals surface area contributed by atoms with E-state index in [0.717, 1.165) is 29.6 Å². The number of aromatic nitrogens is 2. The summed E-state index contributed by atoms with van der Waals surface area (Å²) in [6.45, 7) is 1.56. The topological polar surface area (TPSA) is 69.8 Å². The highest BCUT2D eigenvalue weighted by atomic mass is 35.5. The molecule has 0 fully saturated rings. The third kappa shape index (κ3) is 3.67. The van der Waals surface area contributed by atoms with Crippen LogP contribution >= 0.6 is 12.4 Å². The molecule has 2 aromatic heterocycles. The maximum absolute atomic E-state index is 12.3. The summed E-state index contributed by atoms with van der Waals surface area (Å²) >= 11 is 0. The molecule has 0 bridgehead atoms. The number of halogens is 1. The Balaban J connectivity index is 0.00000182. The Morgan fingerprint density at radius 2 is 2.12 bits per heavy atom. The minimum atomic E-state index is 0. The Kier molecular flexibility index (Phi) is 5.36. The number of amides is 1. The molecule has 1 aliphatic rings.